The van der Waals surface area contributed by atoms with Gasteiger partial charge in [-0.1, -0.05) is 49.0 Å². The minimum Gasteiger partial charge on any atom is -0.455 e. The number of ketones is 1. The molecule has 160 valence electrons. The molecular formula is C27H23NO4. The van der Waals surface area contributed by atoms with Crippen LogP contribution >= 0.6 is 0 Å². The first-order valence-electron chi connectivity index (χ1n) is 10.2. The van der Waals surface area contributed by atoms with Gasteiger partial charge in [-0.15, -0.1) is 0 Å². The first-order valence-corrected chi connectivity index (χ1v) is 10.2. The van der Waals surface area contributed by atoms with Gasteiger partial charge < -0.3 is 14.8 Å². The zero-order chi connectivity index (χ0) is 22.8. The second kappa shape index (κ2) is 8.65. The van der Waals surface area contributed by atoms with Gasteiger partial charge in [0.15, 0.2) is 11.2 Å². The summed E-state index contributed by atoms with van der Waals surface area (Å²) in [5, 5.41) is 12.9. The van der Waals surface area contributed by atoms with E-state index in [-0.39, 0.29) is 5.43 Å². The van der Waals surface area contributed by atoms with Crippen LogP contribution in [0.2, 0.25) is 0 Å². The molecular weight excluding hydrogens is 402 g/mol. The van der Waals surface area contributed by atoms with Crippen LogP contribution in [-0.2, 0) is 0 Å². The number of carbonyl (C=O) groups excluding carboxylic acids is 1. The van der Waals surface area contributed by atoms with Crippen LogP contribution in [0.5, 0.6) is 0 Å². The second-order valence-electron chi connectivity index (χ2n) is 7.67. The number of hydrogen-bond acceptors (Lipinski definition) is 5. The maximum atomic E-state index is 13.2. The van der Waals surface area contributed by atoms with E-state index in [1.54, 1.807) is 31.2 Å². The van der Waals surface area contributed by atoms with Crippen molar-refractivity contribution in [2.24, 2.45) is 0 Å². The molecule has 0 bridgehead atoms. The number of rotatable bonds is 6. The van der Waals surface area contributed by atoms with Crippen molar-refractivity contribution >= 4 is 28.1 Å². The molecule has 0 spiro atoms. The summed E-state index contributed by atoms with van der Waals surface area (Å²) in [4.78, 5) is 25.3. The van der Waals surface area contributed by atoms with E-state index in [0.29, 0.717) is 44.8 Å². The van der Waals surface area contributed by atoms with Crippen molar-refractivity contribution in [2.75, 3.05) is 11.9 Å². The fraction of sp³-hybridized carbons (Fsp3) is 0.111. The smallest absolute Gasteiger partial charge is 0.196 e. The number of fused-ring (bicyclic) bond motifs is 1. The summed E-state index contributed by atoms with van der Waals surface area (Å²) in [7, 11) is 0. The predicted octanol–water partition coefficient (Wildman–Crippen LogP) is 5.33. The summed E-state index contributed by atoms with van der Waals surface area (Å²) >= 11 is 0. The molecule has 5 nitrogen and oxygen atoms in total. The molecule has 2 N–H and O–H groups in total. The van der Waals surface area contributed by atoms with Crippen LogP contribution in [0.15, 0.2) is 82.5 Å². The van der Waals surface area contributed by atoms with Crippen molar-refractivity contribution in [2.45, 2.75) is 13.8 Å². The number of aliphatic hydroxyl groups is 1. The fourth-order valence-electron chi connectivity index (χ4n) is 3.77. The molecule has 32 heavy (non-hydrogen) atoms. The average Bonchev–Trinajstić information content (AvgIpc) is 2.81. The lowest BCUT2D eigenvalue weighted by Crippen LogP contribution is -2.11. The Morgan fingerprint density at radius 1 is 1.00 bits per heavy atom. The Hall–Kier alpha value is -3.96. The molecule has 0 saturated heterocycles. The van der Waals surface area contributed by atoms with Crippen LogP contribution in [0.4, 0.5) is 5.69 Å². The number of nitrogens with one attached hydrogen (secondary N) is 1. The highest BCUT2D eigenvalue weighted by molar-refractivity contribution is 6.04. The number of Topliss-reactive ketones (excluding diaryl/α,β-unsaturated/α-hetero) is 1. The van der Waals surface area contributed by atoms with Crippen molar-refractivity contribution in [1.29, 1.82) is 0 Å². The molecule has 4 rings (SSSR count). The number of hydrogen-bond donors (Lipinski definition) is 2. The second-order valence-corrected chi connectivity index (χ2v) is 7.67. The van der Waals surface area contributed by atoms with Crippen LogP contribution in [-0.4, -0.2) is 17.5 Å². The van der Waals surface area contributed by atoms with Crippen molar-refractivity contribution < 1.29 is 14.3 Å². The summed E-state index contributed by atoms with van der Waals surface area (Å²) in [6, 6.07) is 20.1. The Labute approximate surface area is 185 Å². The number of benzene rings is 3. The molecule has 0 radical (unpaired) electrons. The molecule has 0 atom stereocenters. The van der Waals surface area contributed by atoms with E-state index < -0.39 is 12.4 Å². The minimum atomic E-state index is -0.590. The van der Waals surface area contributed by atoms with Gasteiger partial charge in [0.1, 0.15) is 18.0 Å². The van der Waals surface area contributed by atoms with Gasteiger partial charge in [0, 0.05) is 33.6 Å². The zero-order valence-electron chi connectivity index (χ0n) is 17.9. The van der Waals surface area contributed by atoms with E-state index >= 15 is 0 Å². The molecule has 4 aromatic rings. The van der Waals surface area contributed by atoms with Gasteiger partial charge in [-0.2, -0.15) is 0 Å². The van der Waals surface area contributed by atoms with Gasteiger partial charge in [-0.25, -0.2) is 0 Å². The van der Waals surface area contributed by atoms with Crippen LogP contribution in [0.25, 0.3) is 28.0 Å². The first kappa shape index (κ1) is 21.3. The molecule has 0 fully saturated rings. The van der Waals surface area contributed by atoms with E-state index in [1.807, 2.05) is 49.4 Å². The highest BCUT2D eigenvalue weighted by Gasteiger charge is 2.18. The predicted molar refractivity (Wildman–Crippen MR) is 128 cm³/mol. The topological polar surface area (TPSA) is 79.5 Å². The summed E-state index contributed by atoms with van der Waals surface area (Å²) < 4.78 is 6.30. The molecule has 1 heterocycles. The molecule has 1 aromatic heterocycles. The summed E-state index contributed by atoms with van der Waals surface area (Å²) in [6.45, 7) is 7.22. The molecule has 3 aromatic carbocycles. The Morgan fingerprint density at radius 2 is 1.69 bits per heavy atom. The lowest BCUT2D eigenvalue weighted by molar-refractivity contribution is 0.0904. The third kappa shape index (κ3) is 3.86. The Morgan fingerprint density at radius 3 is 2.41 bits per heavy atom. The van der Waals surface area contributed by atoms with Crippen molar-refractivity contribution in [1.82, 2.24) is 0 Å². The Balaban J connectivity index is 1.88. The third-order valence-electron chi connectivity index (χ3n) is 5.38. The first-order chi connectivity index (χ1) is 15.4. The van der Waals surface area contributed by atoms with Crippen LogP contribution in [0.1, 0.15) is 27.0 Å². The van der Waals surface area contributed by atoms with E-state index in [1.165, 1.54) is 0 Å². The van der Waals surface area contributed by atoms with Gasteiger partial charge in [0.05, 0.1) is 5.39 Å². The van der Waals surface area contributed by atoms with Crippen molar-refractivity contribution in [3.05, 3.63) is 106 Å². The number of carbonyl (C=O) groups is 1. The largest absolute Gasteiger partial charge is 0.455 e. The normalized spacial score (nSPS) is 10.8. The fourth-order valence-corrected chi connectivity index (χ4v) is 3.77. The lowest BCUT2D eigenvalue weighted by Gasteiger charge is -2.16. The molecule has 0 unspecified atom stereocenters. The Bertz CT molecular complexity index is 1400. The maximum absolute atomic E-state index is 13.2. The summed E-state index contributed by atoms with van der Waals surface area (Å²) in [5.74, 6) is 0.111. The highest BCUT2D eigenvalue weighted by atomic mass is 16.3. The van der Waals surface area contributed by atoms with E-state index in [9.17, 15) is 14.7 Å². The standard InChI is InChI=1S/C27H23NO4/c1-16-13-21(18(3)28-23-12-8-7-11-20(23)24(30)15-29)27-22(14-16)25(31)17(2)26(32-27)19-9-5-4-6-10-19/h4-14,28-29H,3,15H2,1-2H3. The van der Waals surface area contributed by atoms with Gasteiger partial charge in [-0.3, -0.25) is 9.59 Å². The quantitative estimate of drug-likeness (QED) is 0.408. The van der Waals surface area contributed by atoms with Gasteiger partial charge in [-0.05, 0) is 43.7 Å². The minimum absolute atomic E-state index is 0.0984. The number of aliphatic hydroxyl groups excluding tert-OH is 1. The van der Waals surface area contributed by atoms with Crippen molar-refractivity contribution in [3.63, 3.8) is 0 Å². The molecule has 0 saturated carbocycles. The van der Waals surface area contributed by atoms with Gasteiger partial charge >= 0.3 is 0 Å². The summed E-state index contributed by atoms with van der Waals surface area (Å²) in [5.41, 5.74) is 4.54. The van der Waals surface area contributed by atoms with Gasteiger partial charge in [0.25, 0.3) is 0 Å². The molecule has 0 amide bonds. The van der Waals surface area contributed by atoms with E-state index in [4.69, 9.17) is 4.42 Å². The average molecular weight is 425 g/mol. The Kier molecular flexibility index (Phi) is 5.75. The molecule has 0 aliphatic heterocycles. The SMILES string of the molecule is C=C(Nc1ccccc1C(=O)CO)c1cc(C)cc2c(=O)c(C)c(-c3ccccc3)oc12. The van der Waals surface area contributed by atoms with Crippen molar-refractivity contribution in [3.8, 4) is 11.3 Å². The zero-order valence-corrected chi connectivity index (χ0v) is 17.9. The molecule has 5 heteroatoms. The molecule has 0 aliphatic rings. The third-order valence-corrected chi connectivity index (χ3v) is 5.38. The van der Waals surface area contributed by atoms with E-state index in [2.05, 4.69) is 11.9 Å². The molecule has 0 aliphatic carbocycles. The van der Waals surface area contributed by atoms with Crippen LogP contribution < -0.4 is 10.7 Å². The van der Waals surface area contributed by atoms with Gasteiger partial charge in [0.2, 0.25) is 0 Å². The number of anilines is 1. The number of aryl methyl sites for hydroxylation is 1. The number of para-hydroxylation sites is 1. The monoisotopic (exact) mass is 425 g/mol. The maximum Gasteiger partial charge on any atom is 0.196 e. The van der Waals surface area contributed by atoms with Crippen LogP contribution in [0, 0.1) is 13.8 Å². The summed E-state index contributed by atoms with van der Waals surface area (Å²) in [6.07, 6.45) is 0. The van der Waals surface area contributed by atoms with Crippen LogP contribution in [0.3, 0.4) is 0 Å². The van der Waals surface area contributed by atoms with E-state index in [0.717, 1.165) is 11.1 Å². The highest BCUT2D eigenvalue weighted by Crippen LogP contribution is 2.31. The lowest BCUT2D eigenvalue weighted by atomic mass is 10.0.